The summed E-state index contributed by atoms with van der Waals surface area (Å²) in [6.07, 6.45) is 2.93. The van der Waals surface area contributed by atoms with Gasteiger partial charge in [0.05, 0.1) is 0 Å². The molecule has 0 bridgehead atoms. The first-order chi connectivity index (χ1) is 40.8. The Kier molecular flexibility index (Phi) is 26.9. The van der Waals surface area contributed by atoms with Gasteiger partial charge in [-0.1, -0.05) is 136 Å². The Balaban J connectivity index is 1.64. The molecular weight excluding hydrogens is 1100 g/mol. The molecule has 0 radical (unpaired) electrons. The van der Waals surface area contributed by atoms with E-state index in [4.69, 9.17) is 23.3 Å². The quantitative estimate of drug-likeness (QED) is 0.0807. The van der Waals surface area contributed by atoms with Gasteiger partial charge in [-0.2, -0.15) is 0 Å². The fourth-order valence-electron chi connectivity index (χ4n) is 11.4. The van der Waals surface area contributed by atoms with Gasteiger partial charge in [0.2, 0.25) is 41.4 Å². The van der Waals surface area contributed by atoms with Crippen LogP contribution in [0.15, 0.2) is 60.7 Å². The number of carbonyl (C=O) groups excluding carboxylic acids is 10. The highest BCUT2D eigenvalue weighted by molar-refractivity contribution is 6.00. The standard InChI is InChI=1S/C62H98N14O10/c1-10-11-26-48-56(80)68-44(30-29-37(2)3)58(82)75(65)49(35-41-21-14-12-15-22-41)60(84)72-32-19-27-46(72)54(78)70-51(39(6)7)57(81)67-43(25-18-31-63)53(77)69-45(34-38(4)5)59(83)76(66)50(36-42-23-16-13-17-24-42)61(85)73-33-20-28-47(73)55(79)71-52(40(8)9)62(86)74(48)64/h12-17,21-24,37-40,43-52H,10-11,18-20,25-36,63-66H2,1-9H3,(H,67,81)(H,68,80)(H,69,77)(H,70,78)(H,71,79)/t43-,44-,45-,46-,47-,48-,49+,50+,51-,52-/m0/s1. The smallest absolute Gasteiger partial charge is 0.260 e. The Morgan fingerprint density at radius 1 is 0.465 bits per heavy atom. The monoisotopic (exact) mass is 1200 g/mol. The highest BCUT2D eigenvalue weighted by Crippen LogP contribution is 2.26. The lowest BCUT2D eigenvalue weighted by atomic mass is 9.98. The van der Waals surface area contributed by atoms with Crippen molar-refractivity contribution in [2.45, 2.75) is 213 Å². The fourth-order valence-corrected chi connectivity index (χ4v) is 11.4. The number of nitrogens with zero attached hydrogens (tertiary/aromatic N) is 5. The number of amides is 10. The minimum absolute atomic E-state index is 0.0331. The normalized spacial score (nSPS) is 26.3. The van der Waals surface area contributed by atoms with Crippen molar-refractivity contribution in [2.75, 3.05) is 19.6 Å². The molecule has 0 aromatic heterocycles. The molecule has 3 aliphatic rings. The summed E-state index contributed by atoms with van der Waals surface area (Å²) in [6.45, 7) is 16.6. The van der Waals surface area contributed by atoms with E-state index in [9.17, 15) is 33.6 Å². The third kappa shape index (κ3) is 18.7. The number of unbranched alkanes of at least 4 members (excludes halogenated alkanes) is 1. The summed E-state index contributed by atoms with van der Waals surface area (Å²) in [4.78, 5) is 151. The molecule has 10 amide bonds. The van der Waals surface area contributed by atoms with Gasteiger partial charge >= 0.3 is 0 Å². The van der Waals surface area contributed by atoms with Crippen molar-refractivity contribution in [3.8, 4) is 0 Å². The van der Waals surface area contributed by atoms with Crippen LogP contribution in [0.2, 0.25) is 0 Å². The lowest BCUT2D eigenvalue weighted by Gasteiger charge is -2.36. The van der Waals surface area contributed by atoms with Gasteiger partial charge in [0.15, 0.2) is 0 Å². The van der Waals surface area contributed by atoms with Gasteiger partial charge < -0.3 is 42.1 Å². The summed E-state index contributed by atoms with van der Waals surface area (Å²) in [5, 5.41) is 16.5. The molecule has 24 nitrogen and oxygen atoms in total. The van der Waals surface area contributed by atoms with Crippen LogP contribution in [0.1, 0.15) is 150 Å². The van der Waals surface area contributed by atoms with Crippen LogP contribution >= 0.6 is 0 Å². The van der Waals surface area contributed by atoms with Crippen molar-refractivity contribution in [2.24, 2.45) is 46.9 Å². The molecule has 0 spiro atoms. The predicted octanol–water partition coefficient (Wildman–Crippen LogP) is 1.83. The van der Waals surface area contributed by atoms with Crippen molar-refractivity contribution < 1.29 is 47.9 Å². The number of hydrogen-bond acceptors (Lipinski definition) is 14. The van der Waals surface area contributed by atoms with Crippen LogP contribution in [0.3, 0.4) is 0 Å². The van der Waals surface area contributed by atoms with E-state index in [0.29, 0.717) is 43.2 Å². The van der Waals surface area contributed by atoms with Gasteiger partial charge in [-0.25, -0.2) is 17.5 Å². The molecule has 3 aliphatic heterocycles. The third-order valence-electron chi connectivity index (χ3n) is 16.5. The van der Waals surface area contributed by atoms with E-state index in [2.05, 4.69) is 26.6 Å². The van der Waals surface area contributed by atoms with Crippen LogP contribution in [0.25, 0.3) is 0 Å². The first-order valence-corrected chi connectivity index (χ1v) is 30.9. The summed E-state index contributed by atoms with van der Waals surface area (Å²) in [6, 6.07) is 4.82. The molecule has 2 aromatic carbocycles. The number of hydrazine groups is 3. The number of benzene rings is 2. The van der Waals surface area contributed by atoms with Gasteiger partial charge in [0.25, 0.3) is 17.7 Å². The maximum absolute atomic E-state index is 15.2. The number of nitrogens with two attached hydrogens (primary N) is 4. The average Bonchev–Trinajstić information content (AvgIpc) is 2.58. The third-order valence-corrected chi connectivity index (χ3v) is 16.5. The zero-order valence-corrected chi connectivity index (χ0v) is 52.0. The molecule has 13 N–H and O–H groups in total. The summed E-state index contributed by atoms with van der Waals surface area (Å²) in [5.41, 5.74) is 7.22. The molecule has 3 saturated heterocycles. The Labute approximate surface area is 507 Å². The van der Waals surface area contributed by atoms with E-state index in [0.717, 1.165) is 15.0 Å². The first kappa shape index (κ1) is 69.7. The van der Waals surface area contributed by atoms with Crippen molar-refractivity contribution in [3.05, 3.63) is 71.8 Å². The van der Waals surface area contributed by atoms with Gasteiger partial charge in [-0.05, 0) is 106 Å². The maximum Gasteiger partial charge on any atom is 0.260 e. The van der Waals surface area contributed by atoms with Crippen LogP contribution in [-0.2, 0) is 60.8 Å². The van der Waals surface area contributed by atoms with E-state index in [1.165, 1.54) is 9.80 Å². The maximum atomic E-state index is 15.2. The van der Waals surface area contributed by atoms with E-state index < -0.39 is 131 Å². The molecular formula is C62H98N14O10. The second-order valence-electron chi connectivity index (χ2n) is 24.9. The molecule has 476 valence electrons. The molecule has 3 heterocycles. The van der Waals surface area contributed by atoms with Crippen molar-refractivity contribution in [1.82, 2.24) is 51.4 Å². The lowest BCUT2D eigenvalue weighted by molar-refractivity contribution is -0.152. The van der Waals surface area contributed by atoms with Crippen molar-refractivity contribution in [3.63, 3.8) is 0 Å². The Hall–Kier alpha value is -7.02. The predicted molar refractivity (Wildman–Crippen MR) is 325 cm³/mol. The molecule has 3 fully saturated rings. The fraction of sp³-hybridized carbons (Fsp3) is 0.645. The molecule has 0 unspecified atom stereocenters. The van der Waals surface area contributed by atoms with Crippen LogP contribution < -0.4 is 49.8 Å². The first-order valence-electron chi connectivity index (χ1n) is 30.9. The van der Waals surface area contributed by atoms with E-state index in [1.54, 1.807) is 88.4 Å². The zero-order chi connectivity index (χ0) is 63.5. The number of rotatable bonds is 17. The molecule has 0 aliphatic carbocycles. The number of carbonyl (C=O) groups is 10. The highest BCUT2D eigenvalue weighted by atomic mass is 16.2. The molecule has 86 heavy (non-hydrogen) atoms. The van der Waals surface area contributed by atoms with E-state index in [1.807, 2.05) is 34.6 Å². The molecule has 0 saturated carbocycles. The van der Waals surface area contributed by atoms with Crippen LogP contribution in [0.5, 0.6) is 0 Å². The minimum Gasteiger partial charge on any atom is -0.343 e. The second-order valence-corrected chi connectivity index (χ2v) is 24.9. The minimum atomic E-state index is -1.41. The zero-order valence-electron chi connectivity index (χ0n) is 52.0. The van der Waals surface area contributed by atoms with Crippen LogP contribution in [0.4, 0.5) is 0 Å². The average molecular weight is 1200 g/mol. The summed E-state index contributed by atoms with van der Waals surface area (Å²) in [5.74, 6) is 11.7. The Morgan fingerprint density at radius 3 is 1.37 bits per heavy atom. The van der Waals surface area contributed by atoms with E-state index in [-0.39, 0.29) is 89.3 Å². The number of nitrogens with one attached hydrogen (secondary N) is 5. The van der Waals surface area contributed by atoms with Gasteiger partial charge in [-0.15, -0.1) is 0 Å². The lowest BCUT2D eigenvalue weighted by Crippen LogP contribution is -2.65. The van der Waals surface area contributed by atoms with Gasteiger partial charge in [0.1, 0.15) is 60.4 Å². The Morgan fingerprint density at radius 2 is 0.919 bits per heavy atom. The molecule has 10 atom stereocenters. The SMILES string of the molecule is CCCC[C@H]1C(=O)N[C@@H](CCC(C)C)C(=O)N(N)[C@H](Cc2ccccc2)C(=O)N2CCC[C@H]2C(=O)N[C@@H](C(C)C)C(=O)N[C@@H](CCCN)C(=O)N[C@@H](CC(C)C)C(=O)N(N)[C@H](Cc2ccccc2)C(=O)N2CCC[C@H]2C(=O)N[C@@H](C(C)C)C(=O)N1N. The van der Waals surface area contributed by atoms with Gasteiger partial charge in [-0.3, -0.25) is 63.0 Å². The highest BCUT2D eigenvalue weighted by Gasteiger charge is 2.46. The van der Waals surface area contributed by atoms with Crippen LogP contribution in [0, 0.1) is 23.7 Å². The topological polar surface area (TPSA) is 351 Å². The molecule has 2 aromatic rings. The summed E-state index contributed by atoms with van der Waals surface area (Å²) < 4.78 is 0. The van der Waals surface area contributed by atoms with Gasteiger partial charge in [0, 0.05) is 25.9 Å². The Bertz CT molecular complexity index is 2630. The largest absolute Gasteiger partial charge is 0.343 e. The second kappa shape index (κ2) is 33.2. The summed E-state index contributed by atoms with van der Waals surface area (Å²) >= 11 is 0. The number of hydrogen-bond donors (Lipinski definition) is 9. The van der Waals surface area contributed by atoms with Crippen LogP contribution in [-0.4, -0.2) is 164 Å². The summed E-state index contributed by atoms with van der Waals surface area (Å²) in [7, 11) is 0. The van der Waals surface area contributed by atoms with Crippen molar-refractivity contribution in [1.29, 1.82) is 0 Å². The van der Waals surface area contributed by atoms with Crippen molar-refractivity contribution >= 4 is 59.1 Å². The van der Waals surface area contributed by atoms with E-state index >= 15 is 14.4 Å². The number of fused-ring (bicyclic) bond motifs is 2. The molecule has 5 rings (SSSR count). The molecule has 24 heteroatoms.